The minimum absolute atomic E-state index is 0.570. The summed E-state index contributed by atoms with van der Waals surface area (Å²) in [6.07, 6.45) is 6.51. The van der Waals surface area contributed by atoms with E-state index in [0.29, 0.717) is 10.7 Å². The van der Waals surface area contributed by atoms with Crippen LogP contribution in [0.2, 0.25) is 5.02 Å². The predicted molar refractivity (Wildman–Crippen MR) is 76.9 cm³/mol. The van der Waals surface area contributed by atoms with Crippen LogP contribution in [0.3, 0.4) is 0 Å². The molecule has 0 saturated heterocycles. The van der Waals surface area contributed by atoms with Crippen LogP contribution in [0.1, 0.15) is 44.2 Å². The van der Waals surface area contributed by atoms with E-state index in [2.05, 4.69) is 19.9 Å². The summed E-state index contributed by atoms with van der Waals surface area (Å²) in [6, 6.07) is 3.59. The summed E-state index contributed by atoms with van der Waals surface area (Å²) in [6.45, 7) is 4.25. The first-order valence-electron chi connectivity index (χ1n) is 5.92. The first-order chi connectivity index (χ1) is 8.13. The van der Waals surface area contributed by atoms with E-state index >= 15 is 0 Å². The van der Waals surface area contributed by atoms with Gasteiger partial charge < -0.3 is 11.1 Å². The van der Waals surface area contributed by atoms with Gasteiger partial charge in [0, 0.05) is 22.5 Å². The van der Waals surface area contributed by atoms with Gasteiger partial charge in [-0.25, -0.2) is 0 Å². The lowest BCUT2D eigenvalue weighted by Crippen LogP contribution is -1.99. The summed E-state index contributed by atoms with van der Waals surface area (Å²) in [4.78, 5) is 0. The topological polar surface area (TPSA) is 49.9 Å². The third kappa shape index (κ3) is 3.34. The van der Waals surface area contributed by atoms with Crippen LogP contribution in [-0.4, -0.2) is 6.21 Å². The Hall–Kier alpha value is -1.28. The predicted octanol–water partition coefficient (Wildman–Crippen LogP) is 4.51. The highest BCUT2D eigenvalue weighted by molar-refractivity contribution is 6.31. The molecule has 1 aromatic carbocycles. The van der Waals surface area contributed by atoms with E-state index in [9.17, 15) is 0 Å². The van der Waals surface area contributed by atoms with Gasteiger partial charge in [-0.05, 0) is 36.1 Å². The van der Waals surface area contributed by atoms with E-state index in [-0.39, 0.29) is 0 Å². The zero-order valence-electron chi connectivity index (χ0n) is 10.4. The highest BCUT2D eigenvalue weighted by atomic mass is 35.5. The normalized spacial score (nSPS) is 11.6. The average Bonchev–Trinajstić information content (AvgIpc) is 2.28. The number of nitrogens with two attached hydrogens (primary N) is 1. The number of halogens is 1. The van der Waals surface area contributed by atoms with Crippen molar-refractivity contribution in [2.45, 2.75) is 33.1 Å². The SMILES string of the molecule is CC/C=C(\CCC)c1cc(Cl)cc(N)c1C=N. The Balaban J connectivity index is 3.35. The van der Waals surface area contributed by atoms with Gasteiger partial charge in [-0.2, -0.15) is 0 Å². The fourth-order valence-corrected chi connectivity index (χ4v) is 2.15. The summed E-state index contributed by atoms with van der Waals surface area (Å²) >= 11 is 6.04. The summed E-state index contributed by atoms with van der Waals surface area (Å²) in [5, 5.41) is 8.10. The number of benzene rings is 1. The van der Waals surface area contributed by atoms with Crippen molar-refractivity contribution in [1.29, 1.82) is 5.41 Å². The van der Waals surface area contributed by atoms with E-state index in [1.165, 1.54) is 11.8 Å². The van der Waals surface area contributed by atoms with Gasteiger partial charge in [0.15, 0.2) is 0 Å². The quantitative estimate of drug-likeness (QED) is 0.586. The molecule has 3 heteroatoms. The van der Waals surface area contributed by atoms with Gasteiger partial charge >= 0.3 is 0 Å². The van der Waals surface area contributed by atoms with E-state index in [4.69, 9.17) is 22.7 Å². The highest BCUT2D eigenvalue weighted by Crippen LogP contribution is 2.30. The molecule has 92 valence electrons. The van der Waals surface area contributed by atoms with Crippen LogP contribution in [0.5, 0.6) is 0 Å². The van der Waals surface area contributed by atoms with Crippen LogP contribution in [-0.2, 0) is 0 Å². The van der Waals surface area contributed by atoms with Crippen LogP contribution in [0.25, 0.3) is 5.57 Å². The number of nitrogen functional groups attached to an aromatic ring is 1. The van der Waals surface area contributed by atoms with Gasteiger partial charge in [0.25, 0.3) is 0 Å². The van der Waals surface area contributed by atoms with E-state index < -0.39 is 0 Å². The van der Waals surface area contributed by atoms with Crippen molar-refractivity contribution in [2.24, 2.45) is 0 Å². The molecule has 0 bridgehead atoms. The summed E-state index contributed by atoms with van der Waals surface area (Å²) in [5.74, 6) is 0. The molecule has 17 heavy (non-hydrogen) atoms. The molecule has 2 nitrogen and oxygen atoms in total. The van der Waals surface area contributed by atoms with E-state index in [1.54, 1.807) is 6.07 Å². The molecule has 0 heterocycles. The molecule has 0 saturated carbocycles. The van der Waals surface area contributed by atoms with Crippen molar-refractivity contribution < 1.29 is 0 Å². The van der Waals surface area contributed by atoms with Crippen LogP contribution in [0, 0.1) is 5.41 Å². The molecular formula is C14H19ClN2. The highest BCUT2D eigenvalue weighted by Gasteiger charge is 2.10. The molecule has 0 aliphatic rings. The van der Waals surface area contributed by atoms with Crippen molar-refractivity contribution >= 4 is 29.1 Å². The Labute approximate surface area is 108 Å². The Morgan fingerprint density at radius 3 is 2.65 bits per heavy atom. The van der Waals surface area contributed by atoms with Crippen molar-refractivity contribution in [1.82, 2.24) is 0 Å². The molecule has 0 unspecified atom stereocenters. The van der Waals surface area contributed by atoms with Crippen LogP contribution >= 0.6 is 11.6 Å². The minimum Gasteiger partial charge on any atom is -0.398 e. The minimum atomic E-state index is 0.570. The first kappa shape index (κ1) is 13.8. The lowest BCUT2D eigenvalue weighted by Gasteiger charge is -2.13. The van der Waals surface area contributed by atoms with Gasteiger partial charge in [0.2, 0.25) is 0 Å². The molecule has 0 spiro atoms. The number of hydrogen-bond donors (Lipinski definition) is 2. The third-order valence-electron chi connectivity index (χ3n) is 2.64. The molecular weight excluding hydrogens is 232 g/mol. The maximum Gasteiger partial charge on any atom is 0.0432 e. The first-order valence-corrected chi connectivity index (χ1v) is 6.30. The smallest absolute Gasteiger partial charge is 0.0432 e. The Bertz CT molecular complexity index is 436. The van der Waals surface area contributed by atoms with Crippen molar-refractivity contribution in [3.8, 4) is 0 Å². The summed E-state index contributed by atoms with van der Waals surface area (Å²) in [5.41, 5.74) is 9.46. The molecule has 0 fully saturated rings. The van der Waals surface area contributed by atoms with Gasteiger partial charge in [-0.1, -0.05) is 37.9 Å². The molecule has 0 amide bonds. The summed E-state index contributed by atoms with van der Waals surface area (Å²) < 4.78 is 0. The monoisotopic (exact) mass is 250 g/mol. The number of rotatable bonds is 5. The van der Waals surface area contributed by atoms with E-state index in [1.807, 2.05) is 6.07 Å². The number of allylic oxidation sites excluding steroid dienone is 2. The number of nitrogens with one attached hydrogen (secondary N) is 1. The molecule has 0 radical (unpaired) electrons. The van der Waals surface area contributed by atoms with Gasteiger partial charge in [0.05, 0.1) is 0 Å². The standard InChI is InChI=1S/C14H19ClN2/c1-3-5-10(6-4-2)12-7-11(15)8-14(17)13(12)9-16/h5,7-9,16H,3-4,6,17H2,1-2H3/b10-5+,16-9?. The summed E-state index contributed by atoms with van der Waals surface area (Å²) in [7, 11) is 0. The molecule has 0 aliphatic heterocycles. The van der Waals surface area contributed by atoms with Gasteiger partial charge in [-0.3, -0.25) is 0 Å². The van der Waals surface area contributed by atoms with Crippen molar-refractivity contribution in [3.05, 3.63) is 34.4 Å². The second kappa shape index (κ2) is 6.45. The van der Waals surface area contributed by atoms with Gasteiger partial charge in [-0.15, -0.1) is 0 Å². The largest absolute Gasteiger partial charge is 0.398 e. The van der Waals surface area contributed by atoms with Crippen LogP contribution < -0.4 is 5.73 Å². The Morgan fingerprint density at radius 1 is 1.41 bits per heavy atom. The fraction of sp³-hybridized carbons (Fsp3) is 0.357. The van der Waals surface area contributed by atoms with Crippen molar-refractivity contribution in [3.63, 3.8) is 0 Å². The number of anilines is 1. The maximum atomic E-state index is 7.48. The lowest BCUT2D eigenvalue weighted by atomic mass is 9.95. The second-order valence-electron chi connectivity index (χ2n) is 3.99. The average molecular weight is 251 g/mol. The van der Waals surface area contributed by atoms with Crippen LogP contribution in [0.15, 0.2) is 18.2 Å². The second-order valence-corrected chi connectivity index (χ2v) is 4.42. The lowest BCUT2D eigenvalue weighted by molar-refractivity contribution is 0.967. The van der Waals surface area contributed by atoms with Gasteiger partial charge in [0.1, 0.15) is 0 Å². The maximum absolute atomic E-state index is 7.48. The fourth-order valence-electron chi connectivity index (χ4n) is 1.93. The molecule has 0 aliphatic carbocycles. The van der Waals surface area contributed by atoms with Crippen molar-refractivity contribution in [2.75, 3.05) is 5.73 Å². The molecule has 1 aromatic rings. The molecule has 3 N–H and O–H groups in total. The molecule has 0 atom stereocenters. The Morgan fingerprint density at radius 2 is 2.12 bits per heavy atom. The van der Waals surface area contributed by atoms with Crippen LogP contribution in [0.4, 0.5) is 5.69 Å². The Kier molecular flexibility index (Phi) is 5.23. The zero-order valence-corrected chi connectivity index (χ0v) is 11.1. The molecule has 1 rings (SSSR count). The van der Waals surface area contributed by atoms with E-state index in [0.717, 1.165) is 30.4 Å². The molecule has 0 aromatic heterocycles. The third-order valence-corrected chi connectivity index (χ3v) is 2.86. The zero-order chi connectivity index (χ0) is 12.8. The number of hydrogen-bond acceptors (Lipinski definition) is 2.